The van der Waals surface area contributed by atoms with Crippen LogP contribution in [0.1, 0.15) is 37.7 Å². The van der Waals surface area contributed by atoms with Crippen LogP contribution < -0.4 is 0 Å². The first-order chi connectivity index (χ1) is 13.2. The fourth-order valence-corrected chi connectivity index (χ4v) is 3.82. The molecule has 1 saturated carbocycles. The van der Waals surface area contributed by atoms with Crippen LogP contribution in [-0.4, -0.2) is 39.1 Å². The molecule has 1 aliphatic carbocycles. The van der Waals surface area contributed by atoms with E-state index < -0.39 is 0 Å². The number of rotatable bonds is 6. The lowest BCUT2D eigenvalue weighted by atomic mass is 9.92. The van der Waals surface area contributed by atoms with Crippen LogP contribution >= 0.6 is 0 Å². The second-order valence-corrected chi connectivity index (χ2v) is 7.34. The molecule has 1 fully saturated rings. The Bertz CT molecular complexity index is 976. The third-order valence-corrected chi connectivity index (χ3v) is 5.74. The van der Waals surface area contributed by atoms with E-state index in [1.165, 1.54) is 24.8 Å². The fourth-order valence-electron chi connectivity index (χ4n) is 3.82. The Morgan fingerprint density at radius 3 is 2.67 bits per heavy atom. The molecule has 5 heteroatoms. The molecule has 1 aromatic carbocycles. The number of aryl methyl sites for hydroxylation is 1. The summed E-state index contributed by atoms with van der Waals surface area (Å²) >= 11 is 0. The standard InChI is InChI=1S/C22H25N5/c1-3-27-21-10-8-16(17-7-9-18(14-23)24-15-17)13-20(21)25-22(27)11-12-26(2)19-5-4-6-19/h7-10,13,15,19H,3-6,11-12H2,1-2H3. The zero-order valence-electron chi connectivity index (χ0n) is 16.0. The summed E-state index contributed by atoms with van der Waals surface area (Å²) in [5, 5.41) is 8.92. The van der Waals surface area contributed by atoms with E-state index in [2.05, 4.69) is 52.7 Å². The monoisotopic (exact) mass is 359 g/mol. The fraction of sp³-hybridized carbons (Fsp3) is 0.409. The molecule has 2 heterocycles. The van der Waals surface area contributed by atoms with Crippen LogP contribution in [0.25, 0.3) is 22.2 Å². The van der Waals surface area contributed by atoms with E-state index in [0.29, 0.717) is 5.69 Å². The summed E-state index contributed by atoms with van der Waals surface area (Å²) < 4.78 is 2.32. The second-order valence-electron chi connectivity index (χ2n) is 7.34. The van der Waals surface area contributed by atoms with Gasteiger partial charge in [0.2, 0.25) is 0 Å². The second kappa shape index (κ2) is 7.50. The number of aromatic nitrogens is 3. The van der Waals surface area contributed by atoms with Crippen LogP contribution in [0.3, 0.4) is 0 Å². The average molecular weight is 359 g/mol. The van der Waals surface area contributed by atoms with E-state index in [1.54, 1.807) is 12.3 Å². The van der Waals surface area contributed by atoms with E-state index in [0.717, 1.165) is 48.0 Å². The highest BCUT2D eigenvalue weighted by Gasteiger charge is 2.22. The SMILES string of the molecule is CCn1c(CCN(C)C2CCC2)nc2cc(-c3ccc(C#N)nc3)ccc21. The number of hydrogen-bond acceptors (Lipinski definition) is 4. The molecule has 0 spiro atoms. The average Bonchev–Trinajstić information content (AvgIpc) is 3.01. The molecule has 3 aromatic rings. The smallest absolute Gasteiger partial charge is 0.140 e. The van der Waals surface area contributed by atoms with Gasteiger partial charge in [0, 0.05) is 37.3 Å². The zero-order chi connectivity index (χ0) is 18.8. The van der Waals surface area contributed by atoms with E-state index >= 15 is 0 Å². The summed E-state index contributed by atoms with van der Waals surface area (Å²) in [7, 11) is 2.23. The molecule has 138 valence electrons. The molecule has 0 amide bonds. The molecule has 4 rings (SSSR count). The summed E-state index contributed by atoms with van der Waals surface area (Å²) in [6.07, 6.45) is 6.77. The van der Waals surface area contributed by atoms with E-state index in [9.17, 15) is 0 Å². The number of fused-ring (bicyclic) bond motifs is 1. The van der Waals surface area contributed by atoms with Crippen molar-refractivity contribution in [3.63, 3.8) is 0 Å². The van der Waals surface area contributed by atoms with Gasteiger partial charge in [0.1, 0.15) is 17.6 Å². The largest absolute Gasteiger partial charge is 0.328 e. The lowest BCUT2D eigenvalue weighted by Gasteiger charge is -2.34. The number of benzene rings is 1. The summed E-state index contributed by atoms with van der Waals surface area (Å²) in [6.45, 7) is 4.16. The molecule has 0 radical (unpaired) electrons. The van der Waals surface area contributed by atoms with E-state index in [1.807, 2.05) is 6.07 Å². The van der Waals surface area contributed by atoms with Gasteiger partial charge in [-0.1, -0.05) is 12.5 Å². The van der Waals surface area contributed by atoms with Crippen molar-refractivity contribution < 1.29 is 0 Å². The lowest BCUT2D eigenvalue weighted by Crippen LogP contribution is -2.38. The normalized spacial score (nSPS) is 14.4. The summed E-state index contributed by atoms with van der Waals surface area (Å²) in [6, 6.07) is 12.9. The van der Waals surface area contributed by atoms with Crippen molar-refractivity contribution >= 4 is 11.0 Å². The maximum atomic E-state index is 8.92. The number of likely N-dealkylation sites (N-methyl/N-ethyl adjacent to an activating group) is 1. The lowest BCUT2D eigenvalue weighted by molar-refractivity contribution is 0.160. The number of nitriles is 1. The Morgan fingerprint density at radius 2 is 2.04 bits per heavy atom. The first kappa shape index (κ1) is 17.7. The van der Waals surface area contributed by atoms with Crippen molar-refractivity contribution in [2.24, 2.45) is 0 Å². The number of imidazole rings is 1. The van der Waals surface area contributed by atoms with Gasteiger partial charge in [0.25, 0.3) is 0 Å². The van der Waals surface area contributed by atoms with Gasteiger partial charge < -0.3 is 9.47 Å². The van der Waals surface area contributed by atoms with Gasteiger partial charge in [-0.15, -0.1) is 0 Å². The number of pyridine rings is 1. The Hall–Kier alpha value is -2.71. The van der Waals surface area contributed by atoms with Gasteiger partial charge in [0.15, 0.2) is 0 Å². The van der Waals surface area contributed by atoms with Crippen LogP contribution in [0.4, 0.5) is 0 Å². The van der Waals surface area contributed by atoms with Crippen molar-refractivity contribution in [2.45, 2.75) is 45.2 Å². The molecule has 0 bridgehead atoms. The summed E-state index contributed by atoms with van der Waals surface area (Å²) in [4.78, 5) is 11.6. The van der Waals surface area contributed by atoms with Crippen LogP contribution in [0.15, 0.2) is 36.5 Å². The first-order valence-electron chi connectivity index (χ1n) is 9.75. The van der Waals surface area contributed by atoms with Crippen LogP contribution in [0.5, 0.6) is 0 Å². The van der Waals surface area contributed by atoms with Gasteiger partial charge >= 0.3 is 0 Å². The third kappa shape index (κ3) is 3.45. The van der Waals surface area contributed by atoms with Gasteiger partial charge in [-0.25, -0.2) is 9.97 Å². The molecule has 0 atom stereocenters. The maximum Gasteiger partial charge on any atom is 0.140 e. The molecule has 0 aliphatic heterocycles. The van der Waals surface area contributed by atoms with Crippen molar-refractivity contribution in [3.8, 4) is 17.2 Å². The van der Waals surface area contributed by atoms with Gasteiger partial charge in [-0.2, -0.15) is 5.26 Å². The summed E-state index contributed by atoms with van der Waals surface area (Å²) in [5.74, 6) is 1.16. The minimum atomic E-state index is 0.438. The molecule has 0 unspecified atom stereocenters. The Morgan fingerprint density at radius 1 is 1.22 bits per heavy atom. The highest BCUT2D eigenvalue weighted by atomic mass is 15.1. The van der Waals surface area contributed by atoms with Gasteiger partial charge in [0.05, 0.1) is 11.0 Å². The van der Waals surface area contributed by atoms with E-state index in [4.69, 9.17) is 10.2 Å². The van der Waals surface area contributed by atoms with Gasteiger partial charge in [-0.3, -0.25) is 0 Å². The highest BCUT2D eigenvalue weighted by Crippen LogP contribution is 2.26. The topological polar surface area (TPSA) is 57.7 Å². The minimum absolute atomic E-state index is 0.438. The summed E-state index contributed by atoms with van der Waals surface area (Å²) in [5.41, 5.74) is 4.74. The highest BCUT2D eigenvalue weighted by molar-refractivity contribution is 5.82. The molecule has 1 aliphatic rings. The van der Waals surface area contributed by atoms with Gasteiger partial charge in [-0.05, 0) is 56.6 Å². The molecule has 0 N–H and O–H groups in total. The van der Waals surface area contributed by atoms with Crippen LogP contribution in [0, 0.1) is 11.3 Å². The molecule has 0 saturated heterocycles. The molecule has 27 heavy (non-hydrogen) atoms. The first-order valence-corrected chi connectivity index (χ1v) is 9.75. The predicted octanol–water partition coefficient (Wildman–Crippen LogP) is 4.02. The predicted molar refractivity (Wildman–Crippen MR) is 107 cm³/mol. The number of hydrogen-bond donors (Lipinski definition) is 0. The van der Waals surface area contributed by atoms with Crippen LogP contribution in [-0.2, 0) is 13.0 Å². The minimum Gasteiger partial charge on any atom is -0.328 e. The van der Waals surface area contributed by atoms with Crippen LogP contribution in [0.2, 0.25) is 0 Å². The maximum absolute atomic E-state index is 8.92. The van der Waals surface area contributed by atoms with Crippen molar-refractivity contribution in [2.75, 3.05) is 13.6 Å². The Balaban J connectivity index is 1.60. The quantitative estimate of drug-likeness (QED) is 0.667. The number of nitrogens with zero attached hydrogens (tertiary/aromatic N) is 5. The van der Waals surface area contributed by atoms with Crippen molar-refractivity contribution in [1.82, 2.24) is 19.4 Å². The Kier molecular flexibility index (Phi) is 4.91. The van der Waals surface area contributed by atoms with E-state index in [-0.39, 0.29) is 0 Å². The molecule has 5 nitrogen and oxygen atoms in total. The van der Waals surface area contributed by atoms with Crippen molar-refractivity contribution in [1.29, 1.82) is 5.26 Å². The molecular weight excluding hydrogens is 334 g/mol. The van der Waals surface area contributed by atoms with Crippen molar-refractivity contribution in [3.05, 3.63) is 48.0 Å². The molecule has 2 aromatic heterocycles. The molecular formula is C22H25N5. The Labute approximate surface area is 160 Å². The third-order valence-electron chi connectivity index (χ3n) is 5.74. The zero-order valence-corrected chi connectivity index (χ0v) is 16.0.